The molecule has 0 aromatic heterocycles. The summed E-state index contributed by atoms with van der Waals surface area (Å²) in [5, 5.41) is 0. The molecule has 2 rings (SSSR count). The van der Waals surface area contributed by atoms with Crippen molar-refractivity contribution in [3.8, 4) is 11.5 Å². The topological polar surface area (TPSA) is 78.3 Å². The number of carbonyl (C=O) groups excluding carboxylic acids is 1. The maximum atomic E-state index is 12.8. The molecule has 1 amide bonds. The third kappa shape index (κ3) is 2.57. The summed E-state index contributed by atoms with van der Waals surface area (Å²) >= 11 is 0. The van der Waals surface area contributed by atoms with E-state index in [2.05, 4.69) is 0 Å². The highest BCUT2D eigenvalue weighted by Gasteiger charge is 2.05. The fraction of sp³-hybridized carbons (Fsp3) is 0. The van der Waals surface area contributed by atoms with Gasteiger partial charge < -0.3 is 16.2 Å². The second kappa shape index (κ2) is 4.75. The summed E-state index contributed by atoms with van der Waals surface area (Å²) in [7, 11) is 0. The van der Waals surface area contributed by atoms with Crippen molar-refractivity contribution >= 4 is 11.6 Å². The second-order valence-electron chi connectivity index (χ2n) is 3.67. The summed E-state index contributed by atoms with van der Waals surface area (Å²) < 4.78 is 18.3. The summed E-state index contributed by atoms with van der Waals surface area (Å²) in [5.41, 5.74) is 11.3. The van der Waals surface area contributed by atoms with Gasteiger partial charge in [-0.15, -0.1) is 0 Å². The maximum Gasteiger partial charge on any atom is 0.248 e. The van der Waals surface area contributed by atoms with Gasteiger partial charge in [0.15, 0.2) is 5.75 Å². The molecule has 2 aromatic carbocycles. The van der Waals surface area contributed by atoms with E-state index >= 15 is 0 Å². The zero-order valence-electron chi connectivity index (χ0n) is 9.39. The van der Waals surface area contributed by atoms with E-state index in [1.165, 1.54) is 30.3 Å². The molecule has 0 atom stereocenters. The van der Waals surface area contributed by atoms with E-state index in [1.807, 2.05) is 0 Å². The SMILES string of the molecule is NC(=O)c1ccc(Oc2ccc(F)cc2N)cc1. The molecule has 0 fully saturated rings. The third-order valence-corrected chi connectivity index (χ3v) is 2.34. The minimum atomic E-state index is -0.511. The van der Waals surface area contributed by atoms with Crippen molar-refractivity contribution in [2.45, 2.75) is 0 Å². The van der Waals surface area contributed by atoms with Crippen molar-refractivity contribution in [3.05, 3.63) is 53.8 Å². The van der Waals surface area contributed by atoms with Gasteiger partial charge in [-0.3, -0.25) is 4.79 Å². The Bertz CT molecular complexity index is 582. The fourth-order valence-electron chi connectivity index (χ4n) is 1.43. The number of halogens is 1. The van der Waals surface area contributed by atoms with Gasteiger partial charge in [-0.05, 0) is 36.4 Å². The highest BCUT2D eigenvalue weighted by molar-refractivity contribution is 5.92. The van der Waals surface area contributed by atoms with Gasteiger partial charge in [-0.1, -0.05) is 0 Å². The van der Waals surface area contributed by atoms with E-state index in [-0.39, 0.29) is 5.69 Å². The summed E-state index contributed by atoms with van der Waals surface area (Å²) in [6.45, 7) is 0. The molecule has 0 unspecified atom stereocenters. The molecule has 5 heteroatoms. The van der Waals surface area contributed by atoms with E-state index in [1.54, 1.807) is 12.1 Å². The van der Waals surface area contributed by atoms with Gasteiger partial charge in [-0.25, -0.2) is 4.39 Å². The lowest BCUT2D eigenvalue weighted by atomic mass is 10.2. The van der Waals surface area contributed by atoms with Crippen LogP contribution < -0.4 is 16.2 Å². The molecule has 0 saturated carbocycles. The van der Waals surface area contributed by atoms with Crippen LogP contribution in [-0.2, 0) is 0 Å². The molecule has 0 aliphatic carbocycles. The summed E-state index contributed by atoms with van der Waals surface area (Å²) in [5.74, 6) is -0.103. The fourth-order valence-corrected chi connectivity index (χ4v) is 1.43. The van der Waals surface area contributed by atoms with E-state index in [4.69, 9.17) is 16.2 Å². The Morgan fingerprint density at radius 2 is 1.78 bits per heavy atom. The van der Waals surface area contributed by atoms with Crippen LogP contribution in [0.1, 0.15) is 10.4 Å². The molecule has 0 bridgehead atoms. The average molecular weight is 246 g/mol. The molecule has 0 aliphatic heterocycles. The predicted molar refractivity (Wildman–Crippen MR) is 65.8 cm³/mol. The summed E-state index contributed by atoms with van der Waals surface area (Å²) in [6, 6.07) is 10.1. The summed E-state index contributed by atoms with van der Waals surface area (Å²) in [6.07, 6.45) is 0. The largest absolute Gasteiger partial charge is 0.455 e. The molecule has 2 aromatic rings. The Labute approximate surface area is 103 Å². The molecular weight excluding hydrogens is 235 g/mol. The van der Waals surface area contributed by atoms with Crippen LogP contribution in [0.25, 0.3) is 0 Å². The Morgan fingerprint density at radius 3 is 2.33 bits per heavy atom. The number of benzene rings is 2. The standard InChI is InChI=1S/C13H11FN2O2/c14-9-3-6-12(11(15)7-9)18-10-4-1-8(2-5-10)13(16)17/h1-7H,15H2,(H2,16,17). The first kappa shape index (κ1) is 11.9. The van der Waals surface area contributed by atoms with Crippen LogP contribution in [-0.4, -0.2) is 5.91 Å². The zero-order chi connectivity index (χ0) is 13.1. The maximum absolute atomic E-state index is 12.8. The number of carbonyl (C=O) groups is 1. The number of anilines is 1. The van der Waals surface area contributed by atoms with Crippen molar-refractivity contribution in [1.82, 2.24) is 0 Å². The van der Waals surface area contributed by atoms with Crippen LogP contribution >= 0.6 is 0 Å². The first-order valence-electron chi connectivity index (χ1n) is 5.19. The normalized spacial score (nSPS) is 10.1. The van der Waals surface area contributed by atoms with Gasteiger partial charge in [0, 0.05) is 11.6 Å². The van der Waals surface area contributed by atoms with E-state index in [0.717, 1.165) is 0 Å². The minimum absolute atomic E-state index is 0.203. The average Bonchev–Trinajstić information content (AvgIpc) is 2.33. The monoisotopic (exact) mass is 246 g/mol. The number of hydrogen-bond donors (Lipinski definition) is 2. The first-order valence-corrected chi connectivity index (χ1v) is 5.19. The molecule has 4 nitrogen and oxygen atoms in total. The zero-order valence-corrected chi connectivity index (χ0v) is 9.39. The van der Waals surface area contributed by atoms with Crippen molar-refractivity contribution in [2.75, 3.05) is 5.73 Å². The molecule has 92 valence electrons. The lowest BCUT2D eigenvalue weighted by Crippen LogP contribution is -2.10. The quantitative estimate of drug-likeness (QED) is 0.815. The summed E-state index contributed by atoms with van der Waals surface area (Å²) in [4.78, 5) is 10.9. The van der Waals surface area contributed by atoms with Gasteiger partial charge in [0.2, 0.25) is 5.91 Å². The minimum Gasteiger partial charge on any atom is -0.455 e. The molecule has 0 aliphatic rings. The molecule has 0 radical (unpaired) electrons. The van der Waals surface area contributed by atoms with Crippen molar-refractivity contribution in [3.63, 3.8) is 0 Å². The first-order chi connectivity index (χ1) is 8.56. The Balaban J connectivity index is 2.21. The van der Waals surface area contributed by atoms with E-state index < -0.39 is 11.7 Å². The van der Waals surface area contributed by atoms with Gasteiger partial charge in [0.1, 0.15) is 11.6 Å². The lowest BCUT2D eigenvalue weighted by molar-refractivity contribution is 0.100. The molecule has 4 N–H and O–H groups in total. The van der Waals surface area contributed by atoms with Crippen LogP contribution in [0.15, 0.2) is 42.5 Å². The number of ether oxygens (including phenoxy) is 1. The second-order valence-corrected chi connectivity index (χ2v) is 3.67. The van der Waals surface area contributed by atoms with Crippen LogP contribution in [0.3, 0.4) is 0 Å². The van der Waals surface area contributed by atoms with Crippen molar-refractivity contribution in [2.24, 2.45) is 5.73 Å². The van der Waals surface area contributed by atoms with Crippen LogP contribution in [0, 0.1) is 5.82 Å². The third-order valence-electron chi connectivity index (χ3n) is 2.34. The van der Waals surface area contributed by atoms with Gasteiger partial charge >= 0.3 is 0 Å². The number of rotatable bonds is 3. The Hall–Kier alpha value is -2.56. The number of nitrogen functional groups attached to an aromatic ring is 1. The van der Waals surface area contributed by atoms with Crippen molar-refractivity contribution in [1.29, 1.82) is 0 Å². The Kier molecular flexibility index (Phi) is 3.14. The van der Waals surface area contributed by atoms with Crippen LogP contribution in [0.2, 0.25) is 0 Å². The highest BCUT2D eigenvalue weighted by atomic mass is 19.1. The van der Waals surface area contributed by atoms with Crippen LogP contribution in [0.4, 0.5) is 10.1 Å². The smallest absolute Gasteiger partial charge is 0.248 e. The Morgan fingerprint density at radius 1 is 1.11 bits per heavy atom. The van der Waals surface area contributed by atoms with Crippen molar-refractivity contribution < 1.29 is 13.9 Å². The number of nitrogens with two attached hydrogens (primary N) is 2. The number of amides is 1. The molecule has 0 saturated heterocycles. The number of primary amides is 1. The molecule has 0 spiro atoms. The number of hydrogen-bond acceptors (Lipinski definition) is 3. The van der Waals surface area contributed by atoms with Gasteiger partial charge in [0.05, 0.1) is 5.69 Å². The predicted octanol–water partition coefficient (Wildman–Crippen LogP) is 2.30. The van der Waals surface area contributed by atoms with Gasteiger partial charge in [-0.2, -0.15) is 0 Å². The molecular formula is C13H11FN2O2. The lowest BCUT2D eigenvalue weighted by Gasteiger charge is -2.08. The van der Waals surface area contributed by atoms with Crippen LogP contribution in [0.5, 0.6) is 11.5 Å². The highest BCUT2D eigenvalue weighted by Crippen LogP contribution is 2.27. The molecule has 0 heterocycles. The molecule has 18 heavy (non-hydrogen) atoms. The van der Waals surface area contributed by atoms with Gasteiger partial charge in [0.25, 0.3) is 0 Å². The van der Waals surface area contributed by atoms with E-state index in [9.17, 15) is 9.18 Å². The van der Waals surface area contributed by atoms with E-state index in [0.29, 0.717) is 17.1 Å².